The summed E-state index contributed by atoms with van der Waals surface area (Å²) < 4.78 is 60.0. The molecule has 2 N–H and O–H groups in total. The maximum atomic E-state index is 11.2. The highest BCUT2D eigenvalue weighted by Crippen LogP contribution is 2.16. The van der Waals surface area contributed by atoms with E-state index in [-0.39, 0.29) is 12.4 Å². The smallest absolute Gasteiger partial charge is 0.264 e. The molecule has 0 amide bonds. The number of unbranched alkanes of at least 4 members (excludes halogenated alkanes) is 14. The fourth-order valence-corrected chi connectivity index (χ4v) is 5.98. The molecule has 0 aromatic heterocycles. The zero-order chi connectivity index (χ0) is 32.5. The van der Waals surface area contributed by atoms with Crippen molar-refractivity contribution in [1.82, 2.24) is 0 Å². The van der Waals surface area contributed by atoms with Gasteiger partial charge in [0.1, 0.15) is 13.1 Å². The lowest BCUT2D eigenvalue weighted by molar-refractivity contribution is -0.929. The molecular formula is C33H70NO9S+. The molecule has 0 saturated heterocycles. The standard InChI is InChI=1S/C33H69NO9S/c1-3-4-5-6-7-8-9-10-11-12-13-14-15-16-19-34(21-24-39-2,20-17-18-33-44(36,37)38)22-25-40-27-29-42-31-32-43-30-28-41-26-23-35/h35H,3-33H2,1-2H3/p+1. The molecule has 10 nitrogen and oxygen atoms in total. The van der Waals surface area contributed by atoms with Gasteiger partial charge in [-0.2, -0.15) is 8.42 Å². The van der Waals surface area contributed by atoms with Gasteiger partial charge in [0.05, 0.1) is 84.9 Å². The number of rotatable bonds is 37. The van der Waals surface area contributed by atoms with Crippen LogP contribution in [0, 0.1) is 0 Å². The van der Waals surface area contributed by atoms with Gasteiger partial charge in [-0.05, 0) is 25.7 Å². The summed E-state index contributed by atoms with van der Waals surface area (Å²) >= 11 is 0. The van der Waals surface area contributed by atoms with Crippen LogP contribution in [0.3, 0.4) is 0 Å². The molecule has 0 spiro atoms. The Bertz CT molecular complexity index is 684. The van der Waals surface area contributed by atoms with E-state index in [4.69, 9.17) is 33.3 Å². The minimum atomic E-state index is -3.94. The Balaban J connectivity index is 4.36. The lowest BCUT2D eigenvalue weighted by atomic mass is 10.0. The van der Waals surface area contributed by atoms with E-state index in [1.807, 2.05) is 0 Å². The third kappa shape index (κ3) is 31.6. The fraction of sp³-hybridized carbons (Fsp3) is 1.00. The monoisotopic (exact) mass is 656 g/mol. The zero-order valence-corrected chi connectivity index (χ0v) is 29.3. The van der Waals surface area contributed by atoms with Crippen molar-refractivity contribution in [2.45, 2.75) is 110 Å². The van der Waals surface area contributed by atoms with Crippen LogP contribution in [0.4, 0.5) is 0 Å². The molecule has 0 aromatic carbocycles. The number of quaternary nitrogens is 1. The van der Waals surface area contributed by atoms with Crippen LogP contribution >= 0.6 is 0 Å². The number of ether oxygens (including phenoxy) is 5. The van der Waals surface area contributed by atoms with Crippen molar-refractivity contribution in [3.8, 4) is 0 Å². The summed E-state index contributed by atoms with van der Waals surface area (Å²) in [6.45, 7) is 10.3. The van der Waals surface area contributed by atoms with Crippen molar-refractivity contribution in [3.63, 3.8) is 0 Å². The molecule has 0 aliphatic heterocycles. The second-order valence-electron chi connectivity index (χ2n) is 12.0. The maximum absolute atomic E-state index is 11.2. The van der Waals surface area contributed by atoms with Crippen molar-refractivity contribution in [3.05, 3.63) is 0 Å². The van der Waals surface area contributed by atoms with Crippen LogP contribution in [0.15, 0.2) is 0 Å². The molecule has 266 valence electrons. The van der Waals surface area contributed by atoms with Crippen molar-refractivity contribution >= 4 is 10.1 Å². The van der Waals surface area contributed by atoms with E-state index in [1.165, 1.54) is 83.5 Å². The summed E-state index contributed by atoms with van der Waals surface area (Å²) in [5.41, 5.74) is 0. The van der Waals surface area contributed by atoms with E-state index in [1.54, 1.807) is 7.11 Å². The van der Waals surface area contributed by atoms with Crippen molar-refractivity contribution < 1.29 is 46.2 Å². The fourth-order valence-electron chi connectivity index (χ4n) is 5.41. The summed E-state index contributed by atoms with van der Waals surface area (Å²) in [5.74, 6) is -0.191. The number of nitrogens with zero attached hydrogens (tertiary/aromatic N) is 1. The third-order valence-electron chi connectivity index (χ3n) is 8.10. The lowest BCUT2D eigenvalue weighted by Crippen LogP contribution is -2.53. The predicted octanol–water partition coefficient (Wildman–Crippen LogP) is 5.66. The van der Waals surface area contributed by atoms with Crippen LogP contribution in [0.1, 0.15) is 110 Å². The first-order valence-electron chi connectivity index (χ1n) is 17.6. The molecule has 0 aliphatic rings. The van der Waals surface area contributed by atoms with Crippen LogP contribution in [0.25, 0.3) is 0 Å². The Labute approximate surface area is 270 Å². The van der Waals surface area contributed by atoms with Crippen molar-refractivity contribution in [1.29, 1.82) is 0 Å². The molecule has 1 unspecified atom stereocenters. The summed E-state index contributed by atoms with van der Waals surface area (Å²) in [7, 11) is -2.22. The molecule has 0 fully saturated rings. The van der Waals surface area contributed by atoms with E-state index >= 15 is 0 Å². The van der Waals surface area contributed by atoms with Gasteiger partial charge >= 0.3 is 0 Å². The van der Waals surface area contributed by atoms with E-state index in [0.29, 0.717) is 65.9 Å². The van der Waals surface area contributed by atoms with E-state index in [9.17, 15) is 8.42 Å². The molecule has 1 atom stereocenters. The molecule has 0 aromatic rings. The number of methoxy groups -OCH3 is 1. The molecule has 0 saturated carbocycles. The zero-order valence-electron chi connectivity index (χ0n) is 28.5. The molecular weight excluding hydrogens is 586 g/mol. The molecule has 44 heavy (non-hydrogen) atoms. The number of hydrogen-bond acceptors (Lipinski definition) is 8. The Morgan fingerprint density at radius 1 is 0.500 bits per heavy atom. The molecule has 0 aliphatic carbocycles. The van der Waals surface area contributed by atoms with Gasteiger partial charge in [0.15, 0.2) is 0 Å². The largest absolute Gasteiger partial charge is 0.394 e. The Morgan fingerprint density at radius 2 is 0.886 bits per heavy atom. The summed E-state index contributed by atoms with van der Waals surface area (Å²) in [4.78, 5) is 0. The van der Waals surface area contributed by atoms with Crippen LogP contribution in [0.2, 0.25) is 0 Å². The molecule has 0 heterocycles. The van der Waals surface area contributed by atoms with Gasteiger partial charge in [-0.25, -0.2) is 0 Å². The highest BCUT2D eigenvalue weighted by atomic mass is 32.2. The molecule has 0 radical (unpaired) electrons. The molecule has 0 rings (SSSR count). The van der Waals surface area contributed by atoms with Crippen LogP contribution in [0.5, 0.6) is 0 Å². The third-order valence-corrected chi connectivity index (χ3v) is 8.91. The SMILES string of the molecule is CCCCCCCCCCCCCCCC[N+](CCCCS(=O)(=O)O)(CCOC)CCOCCOCCOCCOCCO. The van der Waals surface area contributed by atoms with E-state index < -0.39 is 10.1 Å². The van der Waals surface area contributed by atoms with Gasteiger partial charge in [0.2, 0.25) is 0 Å². The van der Waals surface area contributed by atoms with Gasteiger partial charge in [-0.1, -0.05) is 84.0 Å². The first-order valence-corrected chi connectivity index (χ1v) is 19.2. The minimum absolute atomic E-state index is 0.0169. The Kier molecular flexibility index (Phi) is 32.3. The quantitative estimate of drug-likeness (QED) is 0.0496. The van der Waals surface area contributed by atoms with Crippen molar-refractivity contribution in [2.24, 2.45) is 0 Å². The van der Waals surface area contributed by atoms with E-state index in [0.717, 1.165) is 43.5 Å². The van der Waals surface area contributed by atoms with E-state index in [2.05, 4.69) is 6.92 Å². The average molecular weight is 657 g/mol. The summed E-state index contributed by atoms with van der Waals surface area (Å²) in [6, 6.07) is 0. The van der Waals surface area contributed by atoms with Crippen LogP contribution < -0.4 is 0 Å². The number of hydrogen-bond donors (Lipinski definition) is 2. The highest BCUT2D eigenvalue weighted by Gasteiger charge is 2.26. The normalized spacial score (nSPS) is 13.5. The number of aliphatic hydroxyl groups is 1. The maximum Gasteiger partial charge on any atom is 0.264 e. The summed E-state index contributed by atoms with van der Waals surface area (Å²) in [6.07, 6.45) is 19.8. The van der Waals surface area contributed by atoms with Gasteiger partial charge in [0.25, 0.3) is 10.1 Å². The highest BCUT2D eigenvalue weighted by molar-refractivity contribution is 7.85. The first-order chi connectivity index (χ1) is 21.4. The topological polar surface area (TPSA) is 121 Å². The van der Waals surface area contributed by atoms with Crippen LogP contribution in [-0.4, -0.2) is 128 Å². The average Bonchev–Trinajstić information content (AvgIpc) is 3.00. The molecule has 0 bridgehead atoms. The Morgan fingerprint density at radius 3 is 1.32 bits per heavy atom. The van der Waals surface area contributed by atoms with Gasteiger partial charge in [-0.3, -0.25) is 4.55 Å². The summed E-state index contributed by atoms with van der Waals surface area (Å²) in [5, 5.41) is 8.67. The predicted molar refractivity (Wildman–Crippen MR) is 178 cm³/mol. The first kappa shape index (κ1) is 43.6. The lowest BCUT2D eigenvalue weighted by Gasteiger charge is -2.39. The van der Waals surface area contributed by atoms with Gasteiger partial charge in [-0.15, -0.1) is 0 Å². The Hall–Kier alpha value is -0.370. The minimum Gasteiger partial charge on any atom is -0.394 e. The van der Waals surface area contributed by atoms with Gasteiger partial charge < -0.3 is 33.3 Å². The van der Waals surface area contributed by atoms with Crippen molar-refractivity contribution in [2.75, 3.05) is 105 Å². The van der Waals surface area contributed by atoms with Crippen LogP contribution in [-0.2, 0) is 33.8 Å². The number of aliphatic hydroxyl groups excluding tert-OH is 1. The van der Waals surface area contributed by atoms with Gasteiger partial charge in [0, 0.05) is 7.11 Å². The molecule has 11 heteroatoms. The second-order valence-corrected chi connectivity index (χ2v) is 13.6. The second kappa shape index (κ2) is 32.6.